The summed E-state index contributed by atoms with van der Waals surface area (Å²) in [5, 5.41) is 2.47. The van der Waals surface area contributed by atoms with Crippen LogP contribution in [0.3, 0.4) is 0 Å². The molecule has 14 heavy (non-hydrogen) atoms. The third-order valence-corrected chi connectivity index (χ3v) is 1.98. The third kappa shape index (κ3) is 2.45. The highest BCUT2D eigenvalue weighted by molar-refractivity contribution is 9.10. The maximum absolute atomic E-state index is 13.3. The second-order valence-corrected chi connectivity index (χ2v) is 3.57. The fraction of sp³-hybridized carbons (Fsp3) is 0.222. The molecule has 0 saturated carbocycles. The third-order valence-electron chi connectivity index (χ3n) is 1.52. The van der Waals surface area contributed by atoms with Crippen LogP contribution >= 0.6 is 15.9 Å². The molecule has 0 fully saturated rings. The lowest BCUT2D eigenvalue weighted by Crippen LogP contribution is -2.08. The van der Waals surface area contributed by atoms with Gasteiger partial charge in [-0.2, -0.15) is 0 Å². The normalized spacial score (nSPS) is 9.71. The highest BCUT2D eigenvalue weighted by atomic mass is 79.9. The largest absolute Gasteiger partial charge is 0.492 e. The quantitative estimate of drug-likeness (QED) is 0.889. The molecule has 0 bridgehead atoms. The van der Waals surface area contributed by atoms with Crippen LogP contribution in [-0.2, 0) is 4.79 Å². The molecule has 0 saturated heterocycles. The lowest BCUT2D eigenvalue weighted by Gasteiger charge is -2.09. The number of carbonyl (C=O) groups is 1. The lowest BCUT2D eigenvalue weighted by molar-refractivity contribution is -0.114. The molecule has 0 radical (unpaired) electrons. The van der Waals surface area contributed by atoms with Crippen molar-refractivity contribution >= 4 is 27.5 Å². The lowest BCUT2D eigenvalue weighted by atomic mass is 10.3. The van der Waals surface area contributed by atoms with Gasteiger partial charge in [0.15, 0.2) is 11.6 Å². The molecule has 1 amide bonds. The van der Waals surface area contributed by atoms with Gasteiger partial charge in [0, 0.05) is 11.4 Å². The molecule has 1 N–H and O–H groups in total. The van der Waals surface area contributed by atoms with Gasteiger partial charge in [0.05, 0.1) is 12.8 Å². The summed E-state index contributed by atoms with van der Waals surface area (Å²) in [6.45, 7) is 1.35. The van der Waals surface area contributed by atoms with Crippen LogP contribution in [0.1, 0.15) is 6.92 Å². The zero-order chi connectivity index (χ0) is 10.7. The van der Waals surface area contributed by atoms with Crippen molar-refractivity contribution < 1.29 is 13.9 Å². The van der Waals surface area contributed by atoms with Gasteiger partial charge >= 0.3 is 0 Å². The molecule has 0 unspecified atom stereocenters. The molecular formula is C9H9BrFNO2. The summed E-state index contributed by atoms with van der Waals surface area (Å²) in [4.78, 5) is 10.8. The zero-order valence-electron chi connectivity index (χ0n) is 7.73. The van der Waals surface area contributed by atoms with Crippen LogP contribution in [0, 0.1) is 5.82 Å². The summed E-state index contributed by atoms with van der Waals surface area (Å²) in [5.41, 5.74) is 0.312. The van der Waals surface area contributed by atoms with Crippen LogP contribution in [0.25, 0.3) is 0 Å². The Morgan fingerprint density at radius 2 is 2.21 bits per heavy atom. The van der Waals surface area contributed by atoms with Crippen molar-refractivity contribution in [3.05, 3.63) is 22.4 Å². The summed E-state index contributed by atoms with van der Waals surface area (Å²) < 4.78 is 18.6. The second-order valence-electron chi connectivity index (χ2n) is 2.65. The van der Waals surface area contributed by atoms with Crippen molar-refractivity contribution in [2.75, 3.05) is 12.4 Å². The number of rotatable bonds is 2. The molecule has 0 aliphatic rings. The Morgan fingerprint density at radius 1 is 1.57 bits per heavy atom. The first-order valence-electron chi connectivity index (χ1n) is 3.85. The summed E-state index contributed by atoms with van der Waals surface area (Å²) >= 11 is 3.12. The van der Waals surface area contributed by atoms with E-state index in [1.165, 1.54) is 20.1 Å². The standard InChI is InChI=1S/C9H9BrFNO2/c1-5(13)12-8-4-6(10)3-7(11)9(8)14-2/h3-4H,1-2H3,(H,12,13). The van der Waals surface area contributed by atoms with Gasteiger partial charge in [-0.1, -0.05) is 15.9 Å². The van der Waals surface area contributed by atoms with Gasteiger partial charge in [-0.3, -0.25) is 4.79 Å². The van der Waals surface area contributed by atoms with Crippen LogP contribution in [0.4, 0.5) is 10.1 Å². The van der Waals surface area contributed by atoms with Crippen LogP contribution in [0.15, 0.2) is 16.6 Å². The molecule has 1 aromatic rings. The minimum Gasteiger partial charge on any atom is -0.492 e. The van der Waals surface area contributed by atoms with Crippen molar-refractivity contribution in [1.82, 2.24) is 0 Å². The van der Waals surface area contributed by atoms with Crippen molar-refractivity contribution in [3.8, 4) is 5.75 Å². The Morgan fingerprint density at radius 3 is 2.71 bits per heavy atom. The van der Waals surface area contributed by atoms with E-state index in [-0.39, 0.29) is 11.7 Å². The number of methoxy groups -OCH3 is 1. The van der Waals surface area contributed by atoms with Crippen LogP contribution in [-0.4, -0.2) is 13.0 Å². The fourth-order valence-corrected chi connectivity index (χ4v) is 1.48. The first kappa shape index (κ1) is 11.0. The molecule has 5 heteroatoms. The van der Waals surface area contributed by atoms with E-state index in [0.29, 0.717) is 10.2 Å². The van der Waals surface area contributed by atoms with E-state index in [9.17, 15) is 9.18 Å². The van der Waals surface area contributed by atoms with E-state index >= 15 is 0 Å². The fourth-order valence-electron chi connectivity index (χ4n) is 1.05. The summed E-state index contributed by atoms with van der Waals surface area (Å²) in [5.74, 6) is -0.769. The Bertz CT molecular complexity index is 368. The van der Waals surface area contributed by atoms with Crippen molar-refractivity contribution in [1.29, 1.82) is 0 Å². The second kappa shape index (κ2) is 4.41. The molecule has 3 nitrogen and oxygen atoms in total. The average Bonchev–Trinajstić information content (AvgIpc) is 2.01. The molecule has 0 aliphatic carbocycles. The number of hydrogen-bond acceptors (Lipinski definition) is 2. The van der Waals surface area contributed by atoms with E-state index in [1.807, 2.05) is 0 Å². The van der Waals surface area contributed by atoms with Gasteiger partial charge in [-0.15, -0.1) is 0 Å². The maximum atomic E-state index is 13.3. The van der Waals surface area contributed by atoms with Gasteiger partial charge in [0.2, 0.25) is 5.91 Å². The zero-order valence-corrected chi connectivity index (χ0v) is 9.31. The van der Waals surface area contributed by atoms with Gasteiger partial charge in [-0.05, 0) is 12.1 Å². The van der Waals surface area contributed by atoms with Crippen molar-refractivity contribution in [3.63, 3.8) is 0 Å². The number of benzene rings is 1. The molecule has 1 aromatic carbocycles. The first-order valence-corrected chi connectivity index (χ1v) is 4.64. The average molecular weight is 262 g/mol. The number of amides is 1. The predicted molar refractivity (Wildman–Crippen MR) is 55.0 cm³/mol. The number of halogens is 2. The van der Waals surface area contributed by atoms with Gasteiger partial charge in [0.25, 0.3) is 0 Å². The van der Waals surface area contributed by atoms with E-state index < -0.39 is 5.82 Å². The highest BCUT2D eigenvalue weighted by Crippen LogP contribution is 2.31. The summed E-state index contributed by atoms with van der Waals surface area (Å²) in [6, 6.07) is 2.84. The van der Waals surface area contributed by atoms with Gasteiger partial charge < -0.3 is 10.1 Å². The van der Waals surface area contributed by atoms with Crippen LogP contribution in [0.2, 0.25) is 0 Å². The maximum Gasteiger partial charge on any atom is 0.221 e. The first-order chi connectivity index (χ1) is 6.54. The predicted octanol–water partition coefficient (Wildman–Crippen LogP) is 2.56. The molecule has 0 aliphatic heterocycles. The van der Waals surface area contributed by atoms with E-state index in [0.717, 1.165) is 0 Å². The highest BCUT2D eigenvalue weighted by Gasteiger charge is 2.11. The van der Waals surface area contributed by atoms with E-state index in [2.05, 4.69) is 21.2 Å². The minimum absolute atomic E-state index is 0.0309. The van der Waals surface area contributed by atoms with Crippen molar-refractivity contribution in [2.24, 2.45) is 0 Å². The molecule has 0 heterocycles. The number of carbonyl (C=O) groups excluding carboxylic acids is 1. The Kier molecular flexibility index (Phi) is 3.46. The summed E-state index contributed by atoms with van der Waals surface area (Å²) in [6.07, 6.45) is 0. The van der Waals surface area contributed by atoms with Crippen LogP contribution < -0.4 is 10.1 Å². The van der Waals surface area contributed by atoms with E-state index in [1.54, 1.807) is 6.07 Å². The number of anilines is 1. The Labute approximate surface area is 89.4 Å². The Hall–Kier alpha value is -1.10. The van der Waals surface area contributed by atoms with Gasteiger partial charge in [-0.25, -0.2) is 4.39 Å². The molecule has 0 aromatic heterocycles. The SMILES string of the molecule is COc1c(F)cc(Br)cc1NC(C)=O. The topological polar surface area (TPSA) is 38.3 Å². The molecule has 0 atom stereocenters. The summed E-state index contributed by atoms with van der Waals surface area (Å²) in [7, 11) is 1.34. The number of hydrogen-bond donors (Lipinski definition) is 1. The molecule has 0 spiro atoms. The molecule has 76 valence electrons. The van der Waals surface area contributed by atoms with Gasteiger partial charge in [0.1, 0.15) is 0 Å². The Balaban J connectivity index is 3.17. The van der Waals surface area contributed by atoms with Crippen LogP contribution in [0.5, 0.6) is 5.75 Å². The monoisotopic (exact) mass is 261 g/mol. The molecule has 1 rings (SSSR count). The smallest absolute Gasteiger partial charge is 0.221 e. The van der Waals surface area contributed by atoms with E-state index in [4.69, 9.17) is 4.74 Å². The van der Waals surface area contributed by atoms with Crippen molar-refractivity contribution in [2.45, 2.75) is 6.92 Å². The molecular weight excluding hydrogens is 253 g/mol. The minimum atomic E-state index is -0.523. The number of nitrogens with one attached hydrogen (secondary N) is 1. The number of ether oxygens (including phenoxy) is 1.